The molecule has 2 rings (SSSR count). The van der Waals surface area contributed by atoms with E-state index in [1.54, 1.807) is 30.3 Å². The van der Waals surface area contributed by atoms with Crippen LogP contribution in [0.3, 0.4) is 0 Å². The summed E-state index contributed by atoms with van der Waals surface area (Å²) in [7, 11) is 0. The standard InChI is InChI=1S/C16H13BrClNO/c1-11(19-15-8-4-13(17)5-9-15)10-16(20)12-2-6-14(18)7-3-12/h2-10,19H,1H3/b11-10+. The number of carbonyl (C=O) groups excluding carboxylic acids is 1. The van der Waals surface area contributed by atoms with E-state index >= 15 is 0 Å². The van der Waals surface area contributed by atoms with Gasteiger partial charge in [-0.3, -0.25) is 4.79 Å². The highest BCUT2D eigenvalue weighted by molar-refractivity contribution is 9.10. The first-order valence-electron chi connectivity index (χ1n) is 6.05. The summed E-state index contributed by atoms with van der Waals surface area (Å²) < 4.78 is 1.02. The van der Waals surface area contributed by atoms with E-state index in [2.05, 4.69) is 21.2 Å². The minimum absolute atomic E-state index is 0.0521. The second-order valence-corrected chi connectivity index (χ2v) is 5.68. The van der Waals surface area contributed by atoms with Gasteiger partial charge < -0.3 is 5.32 Å². The van der Waals surface area contributed by atoms with E-state index in [1.807, 2.05) is 31.2 Å². The van der Waals surface area contributed by atoms with Crippen LogP contribution in [0.2, 0.25) is 5.02 Å². The van der Waals surface area contributed by atoms with Crippen LogP contribution in [-0.2, 0) is 0 Å². The Hall–Kier alpha value is -1.58. The van der Waals surface area contributed by atoms with Crippen molar-refractivity contribution in [3.63, 3.8) is 0 Å². The molecule has 0 aliphatic carbocycles. The van der Waals surface area contributed by atoms with E-state index < -0.39 is 0 Å². The van der Waals surface area contributed by atoms with Crippen molar-refractivity contribution in [1.29, 1.82) is 0 Å². The predicted molar refractivity (Wildman–Crippen MR) is 87.3 cm³/mol. The Morgan fingerprint density at radius 2 is 1.70 bits per heavy atom. The van der Waals surface area contributed by atoms with Gasteiger partial charge in [-0.25, -0.2) is 0 Å². The zero-order chi connectivity index (χ0) is 14.5. The number of hydrogen-bond donors (Lipinski definition) is 1. The van der Waals surface area contributed by atoms with Crippen LogP contribution in [0.4, 0.5) is 5.69 Å². The lowest BCUT2D eigenvalue weighted by atomic mass is 10.1. The summed E-state index contributed by atoms with van der Waals surface area (Å²) in [4.78, 5) is 12.0. The quantitative estimate of drug-likeness (QED) is 0.599. The highest BCUT2D eigenvalue weighted by Crippen LogP contribution is 2.16. The summed E-state index contributed by atoms with van der Waals surface area (Å²) in [6, 6.07) is 14.6. The Bertz CT molecular complexity index is 633. The van der Waals surface area contributed by atoms with Gasteiger partial charge in [0, 0.05) is 32.5 Å². The molecule has 0 unspecified atom stereocenters. The molecule has 20 heavy (non-hydrogen) atoms. The number of allylic oxidation sites excluding steroid dienone is 2. The van der Waals surface area contributed by atoms with Gasteiger partial charge in [-0.05, 0) is 55.5 Å². The molecule has 0 amide bonds. The lowest BCUT2D eigenvalue weighted by Gasteiger charge is -2.06. The number of nitrogens with one attached hydrogen (secondary N) is 1. The molecule has 2 aromatic carbocycles. The Morgan fingerprint density at radius 3 is 2.30 bits per heavy atom. The van der Waals surface area contributed by atoms with Gasteiger partial charge >= 0.3 is 0 Å². The van der Waals surface area contributed by atoms with E-state index in [4.69, 9.17) is 11.6 Å². The van der Waals surface area contributed by atoms with E-state index in [9.17, 15) is 4.79 Å². The average molecular weight is 351 g/mol. The van der Waals surface area contributed by atoms with Crippen LogP contribution in [0.5, 0.6) is 0 Å². The number of carbonyl (C=O) groups is 1. The van der Waals surface area contributed by atoms with Crippen molar-refractivity contribution in [1.82, 2.24) is 0 Å². The van der Waals surface area contributed by atoms with Gasteiger partial charge in [0.15, 0.2) is 5.78 Å². The third-order valence-electron chi connectivity index (χ3n) is 2.66. The summed E-state index contributed by atoms with van der Waals surface area (Å²) in [5.74, 6) is -0.0521. The van der Waals surface area contributed by atoms with E-state index in [0.29, 0.717) is 10.6 Å². The van der Waals surface area contributed by atoms with Crippen molar-refractivity contribution in [3.05, 3.63) is 75.4 Å². The van der Waals surface area contributed by atoms with Crippen LogP contribution in [-0.4, -0.2) is 5.78 Å². The minimum Gasteiger partial charge on any atom is -0.359 e. The maximum atomic E-state index is 12.0. The summed E-state index contributed by atoms with van der Waals surface area (Å²) >= 11 is 9.18. The van der Waals surface area contributed by atoms with Crippen LogP contribution < -0.4 is 5.32 Å². The highest BCUT2D eigenvalue weighted by Gasteiger charge is 2.03. The molecule has 0 fully saturated rings. The molecule has 0 saturated heterocycles. The molecule has 4 heteroatoms. The molecule has 0 radical (unpaired) electrons. The van der Waals surface area contributed by atoms with Crippen molar-refractivity contribution in [2.24, 2.45) is 0 Å². The molecule has 2 aromatic rings. The first-order chi connectivity index (χ1) is 9.54. The first kappa shape index (κ1) is 14.8. The zero-order valence-electron chi connectivity index (χ0n) is 10.9. The molecular weight excluding hydrogens is 338 g/mol. The van der Waals surface area contributed by atoms with Crippen LogP contribution in [0, 0.1) is 0 Å². The molecule has 0 spiro atoms. The fraction of sp³-hybridized carbons (Fsp3) is 0.0625. The van der Waals surface area contributed by atoms with Gasteiger partial charge in [0.25, 0.3) is 0 Å². The Labute approximate surface area is 131 Å². The van der Waals surface area contributed by atoms with Crippen molar-refractivity contribution in [2.45, 2.75) is 6.92 Å². The summed E-state index contributed by atoms with van der Waals surface area (Å²) in [5, 5.41) is 3.80. The number of benzene rings is 2. The maximum Gasteiger partial charge on any atom is 0.187 e. The molecule has 102 valence electrons. The van der Waals surface area contributed by atoms with Gasteiger partial charge in [-0.1, -0.05) is 27.5 Å². The molecule has 1 N–H and O–H groups in total. The second-order valence-electron chi connectivity index (χ2n) is 4.33. The van der Waals surface area contributed by atoms with Crippen molar-refractivity contribution in [2.75, 3.05) is 5.32 Å². The SMILES string of the molecule is C/C(=C\C(=O)c1ccc(Cl)cc1)Nc1ccc(Br)cc1. The molecule has 0 aliphatic rings. The molecule has 0 atom stereocenters. The number of ketones is 1. The maximum absolute atomic E-state index is 12.0. The minimum atomic E-state index is -0.0521. The van der Waals surface area contributed by atoms with Crippen molar-refractivity contribution >= 4 is 39.0 Å². The zero-order valence-corrected chi connectivity index (χ0v) is 13.2. The number of hydrogen-bond acceptors (Lipinski definition) is 2. The molecule has 0 aromatic heterocycles. The number of anilines is 1. The van der Waals surface area contributed by atoms with Gasteiger partial charge in [0.05, 0.1) is 0 Å². The Kier molecular flexibility index (Phi) is 4.99. The third-order valence-corrected chi connectivity index (χ3v) is 3.44. The fourth-order valence-electron chi connectivity index (χ4n) is 1.69. The molecule has 2 nitrogen and oxygen atoms in total. The van der Waals surface area contributed by atoms with E-state index in [1.165, 1.54) is 0 Å². The topological polar surface area (TPSA) is 29.1 Å². The van der Waals surface area contributed by atoms with Crippen LogP contribution >= 0.6 is 27.5 Å². The van der Waals surface area contributed by atoms with Gasteiger partial charge in [-0.2, -0.15) is 0 Å². The van der Waals surface area contributed by atoms with Gasteiger partial charge in [-0.15, -0.1) is 0 Å². The smallest absolute Gasteiger partial charge is 0.187 e. The van der Waals surface area contributed by atoms with Crippen LogP contribution in [0.15, 0.2) is 64.8 Å². The van der Waals surface area contributed by atoms with E-state index in [-0.39, 0.29) is 5.78 Å². The lowest BCUT2D eigenvalue weighted by molar-refractivity contribution is 0.104. The fourth-order valence-corrected chi connectivity index (χ4v) is 2.08. The molecule has 0 aliphatic heterocycles. The second kappa shape index (κ2) is 6.73. The Balaban J connectivity index is 2.07. The van der Waals surface area contributed by atoms with Gasteiger partial charge in [0.2, 0.25) is 0 Å². The Morgan fingerprint density at radius 1 is 1.10 bits per heavy atom. The predicted octanol–water partition coefficient (Wildman–Crippen LogP) is 5.30. The van der Waals surface area contributed by atoms with Crippen molar-refractivity contribution < 1.29 is 4.79 Å². The molecule has 0 saturated carbocycles. The lowest BCUT2D eigenvalue weighted by Crippen LogP contribution is -2.01. The number of halogens is 2. The largest absolute Gasteiger partial charge is 0.359 e. The average Bonchev–Trinajstić information content (AvgIpc) is 2.42. The molecular formula is C16H13BrClNO. The monoisotopic (exact) mass is 349 g/mol. The number of rotatable bonds is 4. The first-order valence-corrected chi connectivity index (χ1v) is 7.22. The normalized spacial score (nSPS) is 11.2. The summed E-state index contributed by atoms with van der Waals surface area (Å²) in [6.45, 7) is 1.86. The third kappa shape index (κ3) is 4.22. The summed E-state index contributed by atoms with van der Waals surface area (Å²) in [6.07, 6.45) is 1.57. The highest BCUT2D eigenvalue weighted by atomic mass is 79.9. The molecule has 0 bridgehead atoms. The van der Waals surface area contributed by atoms with Gasteiger partial charge in [0.1, 0.15) is 0 Å². The molecule has 0 heterocycles. The van der Waals surface area contributed by atoms with Crippen LogP contribution in [0.1, 0.15) is 17.3 Å². The van der Waals surface area contributed by atoms with E-state index in [0.717, 1.165) is 15.9 Å². The van der Waals surface area contributed by atoms with Crippen molar-refractivity contribution in [3.8, 4) is 0 Å². The summed E-state index contributed by atoms with van der Waals surface area (Å²) in [5.41, 5.74) is 2.34. The van der Waals surface area contributed by atoms with Crippen LogP contribution in [0.25, 0.3) is 0 Å².